The Morgan fingerprint density at radius 1 is 1.23 bits per heavy atom. The maximum absolute atomic E-state index is 11.9. The van der Waals surface area contributed by atoms with E-state index < -0.39 is 11.7 Å². The minimum atomic E-state index is -4.30. The standard InChI is InChI=1S/C7H10F3N.C2H6/c1-3-6(4-5(2)11)7(8,9)10;1-2/h3-4H,11H2,1-2H3;1-2H3/b5-4+,6-3+;. The van der Waals surface area contributed by atoms with Gasteiger partial charge in [0.2, 0.25) is 0 Å². The fourth-order valence-corrected chi connectivity index (χ4v) is 0.574. The van der Waals surface area contributed by atoms with Gasteiger partial charge in [-0.2, -0.15) is 13.2 Å². The Morgan fingerprint density at radius 3 is 1.69 bits per heavy atom. The van der Waals surface area contributed by atoms with Gasteiger partial charge in [0, 0.05) is 5.70 Å². The highest BCUT2D eigenvalue weighted by Gasteiger charge is 2.31. The van der Waals surface area contributed by atoms with Crippen molar-refractivity contribution < 1.29 is 13.2 Å². The lowest BCUT2D eigenvalue weighted by Crippen LogP contribution is -2.11. The second-order valence-corrected chi connectivity index (χ2v) is 2.13. The molecule has 0 aliphatic heterocycles. The molecule has 2 N–H and O–H groups in total. The van der Waals surface area contributed by atoms with Crippen molar-refractivity contribution in [3.63, 3.8) is 0 Å². The van der Waals surface area contributed by atoms with Crippen LogP contribution < -0.4 is 5.73 Å². The molecule has 0 aromatic heterocycles. The van der Waals surface area contributed by atoms with E-state index in [4.69, 9.17) is 5.73 Å². The van der Waals surface area contributed by atoms with Crippen molar-refractivity contribution in [1.29, 1.82) is 0 Å². The summed E-state index contributed by atoms with van der Waals surface area (Å²) in [6.45, 7) is 6.73. The van der Waals surface area contributed by atoms with Crippen molar-refractivity contribution >= 4 is 0 Å². The first kappa shape index (κ1) is 14.6. The zero-order valence-electron chi connectivity index (χ0n) is 8.37. The molecule has 0 aliphatic rings. The summed E-state index contributed by atoms with van der Waals surface area (Å²) in [5.74, 6) is 0. The van der Waals surface area contributed by atoms with E-state index in [1.807, 2.05) is 13.8 Å². The monoisotopic (exact) mass is 195 g/mol. The van der Waals surface area contributed by atoms with Crippen LogP contribution in [0.15, 0.2) is 23.4 Å². The molecular weight excluding hydrogens is 179 g/mol. The first-order valence-corrected chi connectivity index (χ1v) is 4.05. The van der Waals surface area contributed by atoms with E-state index in [0.29, 0.717) is 0 Å². The van der Waals surface area contributed by atoms with Crippen molar-refractivity contribution in [3.05, 3.63) is 23.4 Å². The molecule has 0 rings (SSSR count). The van der Waals surface area contributed by atoms with Crippen LogP contribution in [0.5, 0.6) is 0 Å². The average molecular weight is 195 g/mol. The molecule has 0 aliphatic carbocycles. The Balaban J connectivity index is 0. The van der Waals surface area contributed by atoms with Gasteiger partial charge < -0.3 is 5.73 Å². The van der Waals surface area contributed by atoms with E-state index in [2.05, 4.69) is 0 Å². The molecule has 0 fully saturated rings. The number of hydrogen-bond donors (Lipinski definition) is 1. The molecule has 0 saturated heterocycles. The fourth-order valence-electron chi connectivity index (χ4n) is 0.574. The molecule has 0 aromatic carbocycles. The van der Waals surface area contributed by atoms with Gasteiger partial charge in [0.05, 0.1) is 5.57 Å². The van der Waals surface area contributed by atoms with Gasteiger partial charge in [0.15, 0.2) is 0 Å². The third-order valence-electron chi connectivity index (χ3n) is 1.02. The van der Waals surface area contributed by atoms with E-state index >= 15 is 0 Å². The number of allylic oxidation sites excluding steroid dienone is 4. The summed E-state index contributed by atoms with van der Waals surface area (Å²) in [5.41, 5.74) is 4.52. The van der Waals surface area contributed by atoms with Crippen LogP contribution in [0.4, 0.5) is 13.2 Å². The normalized spacial score (nSPS) is 13.5. The molecule has 0 spiro atoms. The molecule has 4 heteroatoms. The number of hydrogen-bond acceptors (Lipinski definition) is 1. The van der Waals surface area contributed by atoms with Crippen molar-refractivity contribution in [2.45, 2.75) is 33.9 Å². The van der Waals surface area contributed by atoms with Crippen LogP contribution in [0.3, 0.4) is 0 Å². The molecule has 1 nitrogen and oxygen atoms in total. The Bertz CT molecular complexity index is 186. The summed E-state index contributed by atoms with van der Waals surface area (Å²) >= 11 is 0. The van der Waals surface area contributed by atoms with Crippen LogP contribution in [-0.2, 0) is 0 Å². The van der Waals surface area contributed by atoms with E-state index in [1.54, 1.807) is 0 Å². The summed E-state index contributed by atoms with van der Waals surface area (Å²) in [6, 6.07) is 0. The molecule has 0 heterocycles. The van der Waals surface area contributed by atoms with Gasteiger partial charge in [-0.1, -0.05) is 19.9 Å². The molecule has 0 amide bonds. The van der Waals surface area contributed by atoms with Crippen LogP contribution >= 0.6 is 0 Å². The Hall–Kier alpha value is -0.930. The van der Waals surface area contributed by atoms with Gasteiger partial charge in [-0.3, -0.25) is 0 Å². The first-order valence-electron chi connectivity index (χ1n) is 4.05. The van der Waals surface area contributed by atoms with Gasteiger partial charge in [0.1, 0.15) is 0 Å². The molecular formula is C9H16F3N. The molecule has 0 saturated carbocycles. The van der Waals surface area contributed by atoms with Crippen molar-refractivity contribution in [1.82, 2.24) is 0 Å². The summed E-state index contributed by atoms with van der Waals surface area (Å²) in [6.07, 6.45) is -2.41. The molecule has 78 valence electrons. The highest BCUT2D eigenvalue weighted by Crippen LogP contribution is 2.26. The van der Waals surface area contributed by atoms with Gasteiger partial charge in [-0.05, 0) is 19.9 Å². The van der Waals surface area contributed by atoms with Crippen molar-refractivity contribution in [2.24, 2.45) is 5.73 Å². The van der Waals surface area contributed by atoms with Crippen LogP contribution in [0.1, 0.15) is 27.7 Å². The fraction of sp³-hybridized carbons (Fsp3) is 0.556. The smallest absolute Gasteiger partial charge is 0.402 e. The molecule has 0 radical (unpaired) electrons. The lowest BCUT2D eigenvalue weighted by atomic mass is 10.2. The van der Waals surface area contributed by atoms with E-state index in [-0.39, 0.29) is 5.70 Å². The Morgan fingerprint density at radius 2 is 1.62 bits per heavy atom. The minimum absolute atomic E-state index is 0.149. The highest BCUT2D eigenvalue weighted by atomic mass is 19.4. The lowest BCUT2D eigenvalue weighted by Gasteiger charge is -2.06. The van der Waals surface area contributed by atoms with E-state index in [1.165, 1.54) is 13.8 Å². The molecule has 0 bridgehead atoms. The van der Waals surface area contributed by atoms with Crippen LogP contribution in [0.25, 0.3) is 0 Å². The number of rotatable bonds is 1. The van der Waals surface area contributed by atoms with E-state index in [0.717, 1.165) is 12.2 Å². The number of halogens is 3. The van der Waals surface area contributed by atoms with E-state index in [9.17, 15) is 13.2 Å². The Labute approximate surface area is 77.1 Å². The average Bonchev–Trinajstić information content (AvgIpc) is 2.01. The maximum Gasteiger partial charge on any atom is 0.416 e. The summed E-state index contributed by atoms with van der Waals surface area (Å²) in [7, 11) is 0. The van der Waals surface area contributed by atoms with Crippen LogP contribution in [0.2, 0.25) is 0 Å². The third kappa shape index (κ3) is 7.43. The Kier molecular flexibility index (Phi) is 7.37. The van der Waals surface area contributed by atoms with Crippen molar-refractivity contribution in [3.8, 4) is 0 Å². The number of nitrogens with two attached hydrogens (primary N) is 1. The molecule has 13 heavy (non-hydrogen) atoms. The zero-order valence-corrected chi connectivity index (χ0v) is 8.37. The second-order valence-electron chi connectivity index (χ2n) is 2.13. The first-order chi connectivity index (χ1) is 5.88. The predicted molar refractivity (Wildman–Crippen MR) is 49.1 cm³/mol. The quantitative estimate of drug-likeness (QED) is 0.638. The third-order valence-corrected chi connectivity index (χ3v) is 1.02. The number of alkyl halides is 3. The zero-order chi connectivity index (χ0) is 11.1. The van der Waals surface area contributed by atoms with Gasteiger partial charge in [-0.15, -0.1) is 0 Å². The van der Waals surface area contributed by atoms with Gasteiger partial charge in [0.25, 0.3) is 0 Å². The second kappa shape index (κ2) is 6.57. The van der Waals surface area contributed by atoms with Gasteiger partial charge >= 0.3 is 6.18 Å². The maximum atomic E-state index is 11.9. The minimum Gasteiger partial charge on any atom is -0.402 e. The lowest BCUT2D eigenvalue weighted by molar-refractivity contribution is -0.0883. The largest absolute Gasteiger partial charge is 0.416 e. The van der Waals surface area contributed by atoms with Crippen molar-refractivity contribution in [2.75, 3.05) is 0 Å². The summed E-state index contributed by atoms with van der Waals surface area (Å²) < 4.78 is 35.7. The van der Waals surface area contributed by atoms with Gasteiger partial charge in [-0.25, -0.2) is 0 Å². The van der Waals surface area contributed by atoms with Crippen LogP contribution in [-0.4, -0.2) is 6.18 Å². The molecule has 0 atom stereocenters. The SMILES string of the molecule is C/C=C(\C=C(/C)N)C(F)(F)F.CC. The molecule has 0 unspecified atom stereocenters. The predicted octanol–water partition coefficient (Wildman–Crippen LogP) is 3.38. The topological polar surface area (TPSA) is 26.0 Å². The summed E-state index contributed by atoms with van der Waals surface area (Å²) in [4.78, 5) is 0. The summed E-state index contributed by atoms with van der Waals surface area (Å²) in [5, 5.41) is 0. The highest BCUT2D eigenvalue weighted by molar-refractivity contribution is 5.25. The molecule has 0 aromatic rings. The van der Waals surface area contributed by atoms with Crippen LogP contribution in [0, 0.1) is 0 Å².